The first-order chi connectivity index (χ1) is 9.76. The average Bonchev–Trinajstić information content (AvgIpc) is 2.89. The Morgan fingerprint density at radius 1 is 1.10 bits per heavy atom. The summed E-state index contributed by atoms with van der Waals surface area (Å²) in [6.07, 6.45) is 1.86. The summed E-state index contributed by atoms with van der Waals surface area (Å²) in [5.41, 5.74) is 9.91. The first-order valence-corrected chi connectivity index (χ1v) is 7.77. The largest absolute Gasteiger partial charge is 0.324 e. The third kappa shape index (κ3) is 2.74. The van der Waals surface area contributed by atoms with Crippen molar-refractivity contribution in [3.05, 3.63) is 64.7 Å². The molecular formula is C17H18N2S. The van der Waals surface area contributed by atoms with Crippen LogP contribution in [-0.2, 0) is 12.8 Å². The van der Waals surface area contributed by atoms with Crippen LogP contribution in [0.3, 0.4) is 0 Å². The van der Waals surface area contributed by atoms with E-state index in [1.165, 1.54) is 15.8 Å². The summed E-state index contributed by atoms with van der Waals surface area (Å²) >= 11 is 1.74. The van der Waals surface area contributed by atoms with Gasteiger partial charge >= 0.3 is 0 Å². The van der Waals surface area contributed by atoms with Crippen molar-refractivity contribution in [1.29, 1.82) is 0 Å². The lowest BCUT2D eigenvalue weighted by molar-refractivity contribution is 0.719. The maximum atomic E-state index is 6.31. The average molecular weight is 282 g/mol. The van der Waals surface area contributed by atoms with E-state index < -0.39 is 0 Å². The van der Waals surface area contributed by atoms with Crippen molar-refractivity contribution < 1.29 is 0 Å². The van der Waals surface area contributed by atoms with Crippen LogP contribution in [0.4, 0.5) is 0 Å². The van der Waals surface area contributed by atoms with Crippen LogP contribution in [0.1, 0.15) is 29.1 Å². The van der Waals surface area contributed by atoms with Crippen LogP contribution in [0.2, 0.25) is 0 Å². The monoisotopic (exact) mass is 282 g/mol. The van der Waals surface area contributed by atoms with Gasteiger partial charge in [0.25, 0.3) is 0 Å². The molecule has 0 fully saturated rings. The van der Waals surface area contributed by atoms with Crippen molar-refractivity contribution in [2.24, 2.45) is 5.73 Å². The summed E-state index contributed by atoms with van der Waals surface area (Å²) in [6, 6.07) is 16.8. The van der Waals surface area contributed by atoms with Gasteiger partial charge in [0.15, 0.2) is 0 Å². The number of hydrogen-bond acceptors (Lipinski definition) is 3. The molecule has 0 bridgehead atoms. The number of hydrogen-bond donors (Lipinski definition) is 1. The van der Waals surface area contributed by atoms with E-state index in [1.807, 2.05) is 12.1 Å². The number of aromatic nitrogens is 1. The van der Waals surface area contributed by atoms with Gasteiger partial charge in [0.2, 0.25) is 0 Å². The summed E-state index contributed by atoms with van der Waals surface area (Å²) in [6.45, 7) is 2.16. The van der Waals surface area contributed by atoms with Crippen LogP contribution >= 0.6 is 11.3 Å². The Morgan fingerprint density at radius 2 is 1.85 bits per heavy atom. The van der Waals surface area contributed by atoms with E-state index in [0.717, 1.165) is 23.4 Å². The van der Waals surface area contributed by atoms with E-state index in [9.17, 15) is 0 Å². The predicted molar refractivity (Wildman–Crippen MR) is 86.1 cm³/mol. The Morgan fingerprint density at radius 3 is 2.55 bits per heavy atom. The summed E-state index contributed by atoms with van der Waals surface area (Å²) in [7, 11) is 0. The fourth-order valence-electron chi connectivity index (χ4n) is 2.31. The van der Waals surface area contributed by atoms with Crippen molar-refractivity contribution in [1.82, 2.24) is 4.98 Å². The number of nitrogens with two attached hydrogens (primary N) is 1. The van der Waals surface area contributed by atoms with Gasteiger partial charge < -0.3 is 5.73 Å². The first kappa shape index (κ1) is 13.3. The molecule has 1 aromatic heterocycles. The number of nitrogens with zero attached hydrogens (tertiary/aromatic N) is 1. The van der Waals surface area contributed by atoms with Gasteiger partial charge in [0.1, 0.15) is 0 Å². The van der Waals surface area contributed by atoms with Crippen molar-refractivity contribution in [3.8, 4) is 0 Å². The number of para-hydroxylation sites is 1. The molecule has 102 valence electrons. The molecule has 0 aliphatic carbocycles. The molecule has 0 aliphatic heterocycles. The Labute approximate surface area is 123 Å². The molecule has 3 rings (SSSR count). The van der Waals surface area contributed by atoms with Crippen LogP contribution in [0.25, 0.3) is 10.2 Å². The number of aryl methyl sites for hydroxylation is 1. The lowest BCUT2D eigenvalue weighted by Gasteiger charge is -2.10. The normalized spacial score (nSPS) is 12.7. The highest BCUT2D eigenvalue weighted by Crippen LogP contribution is 2.25. The van der Waals surface area contributed by atoms with Crippen molar-refractivity contribution in [2.45, 2.75) is 25.8 Å². The van der Waals surface area contributed by atoms with Gasteiger partial charge in [-0.15, -0.1) is 11.3 Å². The maximum absolute atomic E-state index is 6.31. The second kappa shape index (κ2) is 5.73. The van der Waals surface area contributed by atoms with Crippen LogP contribution in [0.5, 0.6) is 0 Å². The Balaban J connectivity index is 1.78. The summed E-state index contributed by atoms with van der Waals surface area (Å²) < 4.78 is 1.23. The second-order valence-electron chi connectivity index (χ2n) is 4.98. The summed E-state index contributed by atoms with van der Waals surface area (Å²) in [4.78, 5) is 4.65. The quantitative estimate of drug-likeness (QED) is 0.782. The van der Waals surface area contributed by atoms with E-state index >= 15 is 0 Å². The molecule has 3 heteroatoms. The third-order valence-electron chi connectivity index (χ3n) is 3.55. The molecule has 2 N–H and O–H groups in total. The van der Waals surface area contributed by atoms with Crippen molar-refractivity contribution >= 4 is 21.6 Å². The highest BCUT2D eigenvalue weighted by atomic mass is 32.1. The van der Waals surface area contributed by atoms with Crippen molar-refractivity contribution in [2.75, 3.05) is 0 Å². The van der Waals surface area contributed by atoms with Crippen LogP contribution in [-0.4, -0.2) is 4.98 Å². The highest BCUT2D eigenvalue weighted by molar-refractivity contribution is 7.18. The van der Waals surface area contributed by atoms with E-state index in [1.54, 1.807) is 11.3 Å². The number of rotatable bonds is 4. The van der Waals surface area contributed by atoms with Crippen LogP contribution in [0.15, 0.2) is 48.5 Å². The predicted octanol–water partition coefficient (Wildman–Crippen LogP) is 4.10. The van der Waals surface area contributed by atoms with E-state index in [4.69, 9.17) is 5.73 Å². The zero-order valence-corrected chi connectivity index (χ0v) is 12.4. The number of thiazole rings is 1. The van der Waals surface area contributed by atoms with Crippen molar-refractivity contribution in [3.63, 3.8) is 0 Å². The molecule has 0 saturated carbocycles. The molecule has 0 amide bonds. The second-order valence-corrected chi connectivity index (χ2v) is 6.10. The van der Waals surface area contributed by atoms with Gasteiger partial charge in [-0.3, -0.25) is 0 Å². The zero-order valence-electron chi connectivity index (χ0n) is 11.5. The lowest BCUT2D eigenvalue weighted by atomic mass is 10.0. The molecule has 0 aliphatic rings. The summed E-state index contributed by atoms with van der Waals surface area (Å²) in [5.74, 6) is 0. The molecule has 2 nitrogen and oxygen atoms in total. The molecule has 0 spiro atoms. The van der Waals surface area contributed by atoms with E-state index in [2.05, 4.69) is 48.3 Å². The van der Waals surface area contributed by atoms with Gasteiger partial charge in [-0.25, -0.2) is 4.98 Å². The fraction of sp³-hybridized carbons (Fsp3) is 0.235. The minimum atomic E-state index is 0.0152. The molecule has 1 atom stereocenters. The first-order valence-electron chi connectivity index (χ1n) is 6.95. The molecule has 0 radical (unpaired) electrons. The smallest absolute Gasteiger partial charge is 0.0957 e. The number of benzene rings is 2. The van der Waals surface area contributed by atoms with Crippen LogP contribution < -0.4 is 5.73 Å². The molecule has 1 unspecified atom stereocenters. The molecule has 20 heavy (non-hydrogen) atoms. The zero-order chi connectivity index (χ0) is 13.9. The van der Waals surface area contributed by atoms with Gasteiger partial charge in [-0.1, -0.05) is 43.3 Å². The Kier molecular flexibility index (Phi) is 3.81. The molecule has 1 heterocycles. The standard InChI is InChI=1S/C17H18N2S/c1-2-12-7-9-13(10-8-12)14(18)11-17-19-15-5-3-4-6-16(15)20-17/h3-10,14H,2,11,18H2,1H3. The third-order valence-corrected chi connectivity index (χ3v) is 4.61. The van der Waals surface area contributed by atoms with Gasteiger partial charge in [-0.2, -0.15) is 0 Å². The lowest BCUT2D eigenvalue weighted by Crippen LogP contribution is -2.13. The minimum absolute atomic E-state index is 0.0152. The molecule has 3 aromatic rings. The molecule has 2 aromatic carbocycles. The Bertz CT molecular complexity index is 667. The SMILES string of the molecule is CCc1ccc(C(N)Cc2nc3ccccc3s2)cc1. The number of fused-ring (bicyclic) bond motifs is 1. The Hall–Kier alpha value is -1.71. The maximum Gasteiger partial charge on any atom is 0.0957 e. The summed E-state index contributed by atoms with van der Waals surface area (Å²) in [5, 5.41) is 1.11. The van der Waals surface area contributed by atoms with Crippen LogP contribution in [0, 0.1) is 0 Å². The highest BCUT2D eigenvalue weighted by Gasteiger charge is 2.10. The topological polar surface area (TPSA) is 38.9 Å². The van der Waals surface area contributed by atoms with Gasteiger partial charge in [0.05, 0.1) is 15.2 Å². The fourth-order valence-corrected chi connectivity index (χ4v) is 3.34. The molecular weight excluding hydrogens is 264 g/mol. The van der Waals surface area contributed by atoms with Gasteiger partial charge in [-0.05, 0) is 29.7 Å². The molecule has 0 saturated heterocycles. The minimum Gasteiger partial charge on any atom is -0.324 e. The van der Waals surface area contributed by atoms with E-state index in [0.29, 0.717) is 0 Å². The van der Waals surface area contributed by atoms with E-state index in [-0.39, 0.29) is 6.04 Å². The van der Waals surface area contributed by atoms with Gasteiger partial charge in [0, 0.05) is 12.5 Å².